The van der Waals surface area contributed by atoms with Crippen molar-refractivity contribution < 1.29 is 9.90 Å². The maximum Gasteiger partial charge on any atom is 0.303 e. The van der Waals surface area contributed by atoms with E-state index in [1.54, 1.807) is 0 Å². The minimum Gasteiger partial charge on any atom is -0.481 e. The molecule has 0 saturated heterocycles. The summed E-state index contributed by atoms with van der Waals surface area (Å²) in [6, 6.07) is 6.26. The van der Waals surface area contributed by atoms with Crippen molar-refractivity contribution in [2.24, 2.45) is 0 Å². The molecular formula is C12H14O2S. The Morgan fingerprint density at radius 2 is 2.33 bits per heavy atom. The van der Waals surface area contributed by atoms with Crippen molar-refractivity contribution in [3.63, 3.8) is 0 Å². The second kappa shape index (κ2) is 4.71. The van der Waals surface area contributed by atoms with Gasteiger partial charge in [0.25, 0.3) is 0 Å². The molecule has 1 aliphatic rings. The summed E-state index contributed by atoms with van der Waals surface area (Å²) in [5.74, 6) is 0.449. The molecule has 0 aromatic heterocycles. The van der Waals surface area contributed by atoms with Gasteiger partial charge in [-0.2, -0.15) is 0 Å². The van der Waals surface area contributed by atoms with Crippen LogP contribution in [-0.2, 0) is 17.6 Å². The van der Waals surface area contributed by atoms with Gasteiger partial charge in [-0.1, -0.05) is 18.2 Å². The maximum atomic E-state index is 10.5. The van der Waals surface area contributed by atoms with Crippen LogP contribution in [-0.4, -0.2) is 16.8 Å². The van der Waals surface area contributed by atoms with Crippen molar-refractivity contribution in [3.8, 4) is 0 Å². The summed E-state index contributed by atoms with van der Waals surface area (Å²) in [5.41, 5.74) is 2.61. The highest BCUT2D eigenvalue weighted by atomic mass is 32.2. The number of rotatable bonds is 3. The van der Waals surface area contributed by atoms with Crippen LogP contribution in [0.4, 0.5) is 0 Å². The van der Waals surface area contributed by atoms with Gasteiger partial charge >= 0.3 is 5.97 Å². The maximum absolute atomic E-state index is 10.5. The third kappa shape index (κ3) is 2.53. The van der Waals surface area contributed by atoms with E-state index >= 15 is 0 Å². The van der Waals surface area contributed by atoms with Gasteiger partial charge in [0.2, 0.25) is 0 Å². The van der Waals surface area contributed by atoms with Crippen LogP contribution in [0.5, 0.6) is 0 Å². The van der Waals surface area contributed by atoms with Gasteiger partial charge in [0.1, 0.15) is 0 Å². The minimum absolute atomic E-state index is 0.233. The van der Waals surface area contributed by atoms with E-state index in [-0.39, 0.29) is 6.42 Å². The van der Waals surface area contributed by atoms with Gasteiger partial charge in [-0.3, -0.25) is 4.79 Å². The van der Waals surface area contributed by atoms with Crippen LogP contribution in [0.1, 0.15) is 24.0 Å². The zero-order valence-electron chi connectivity index (χ0n) is 8.53. The summed E-state index contributed by atoms with van der Waals surface area (Å²) in [6.07, 6.45) is 3.27. The second-order valence-electron chi connectivity index (χ2n) is 3.75. The third-order valence-corrected chi connectivity index (χ3v) is 3.93. The Hall–Kier alpha value is -0.960. The molecule has 2 nitrogen and oxygen atoms in total. The second-order valence-corrected chi connectivity index (χ2v) is 4.86. The Kier molecular flexibility index (Phi) is 3.31. The lowest BCUT2D eigenvalue weighted by atomic mass is 10.0. The molecule has 0 fully saturated rings. The molecule has 1 N–H and O–H groups in total. The van der Waals surface area contributed by atoms with Gasteiger partial charge in [0.05, 0.1) is 0 Å². The summed E-state index contributed by atoms with van der Waals surface area (Å²) >= 11 is 1.87. The number of carbonyl (C=O) groups is 1. The molecule has 3 heteroatoms. The number of hydrogen-bond acceptors (Lipinski definition) is 2. The molecule has 0 amide bonds. The van der Waals surface area contributed by atoms with Gasteiger partial charge in [-0.05, 0) is 36.1 Å². The van der Waals surface area contributed by atoms with Crippen LogP contribution in [0.15, 0.2) is 23.1 Å². The summed E-state index contributed by atoms with van der Waals surface area (Å²) in [6.45, 7) is 0. The molecule has 0 radical (unpaired) electrons. The van der Waals surface area contributed by atoms with E-state index in [0.717, 1.165) is 12.2 Å². The number of carboxylic acid groups (broad SMARTS) is 1. The first-order chi connectivity index (χ1) is 7.27. The molecule has 1 aromatic carbocycles. The summed E-state index contributed by atoms with van der Waals surface area (Å²) in [7, 11) is 0. The first-order valence-corrected chi connectivity index (χ1v) is 6.21. The molecule has 0 atom stereocenters. The SMILES string of the molecule is O=C(O)CCc1cccc2c1SCCC2. The molecule has 80 valence electrons. The molecule has 1 aromatic rings. The fourth-order valence-corrected chi connectivity index (χ4v) is 3.10. The van der Waals surface area contributed by atoms with Crippen LogP contribution in [0.25, 0.3) is 0 Å². The van der Waals surface area contributed by atoms with Crippen LogP contribution in [0, 0.1) is 0 Å². The zero-order chi connectivity index (χ0) is 10.7. The summed E-state index contributed by atoms with van der Waals surface area (Å²) in [4.78, 5) is 11.9. The van der Waals surface area contributed by atoms with Gasteiger partial charge < -0.3 is 5.11 Å². The molecule has 1 aliphatic heterocycles. The first-order valence-electron chi connectivity index (χ1n) is 5.23. The third-order valence-electron chi connectivity index (χ3n) is 2.62. The number of hydrogen-bond donors (Lipinski definition) is 1. The number of aliphatic carboxylic acids is 1. The van der Waals surface area contributed by atoms with E-state index in [0.29, 0.717) is 6.42 Å². The van der Waals surface area contributed by atoms with Gasteiger partial charge in [-0.25, -0.2) is 0 Å². The number of aryl methyl sites for hydroxylation is 2. The predicted octanol–water partition coefficient (Wildman–Crippen LogP) is 2.74. The molecule has 0 aliphatic carbocycles. The molecule has 0 saturated carbocycles. The predicted molar refractivity (Wildman–Crippen MR) is 61.4 cm³/mol. The number of fused-ring (bicyclic) bond motifs is 1. The van der Waals surface area contributed by atoms with Crippen molar-refractivity contribution in [1.82, 2.24) is 0 Å². The Balaban J connectivity index is 2.19. The highest BCUT2D eigenvalue weighted by Crippen LogP contribution is 2.33. The standard InChI is InChI=1S/C12H14O2S/c13-11(14)7-6-10-4-1-3-9-5-2-8-15-12(9)10/h1,3-4H,2,5-8H2,(H,13,14). The molecule has 0 spiro atoms. The summed E-state index contributed by atoms with van der Waals surface area (Å²) < 4.78 is 0. The topological polar surface area (TPSA) is 37.3 Å². The fraction of sp³-hybridized carbons (Fsp3) is 0.417. The lowest BCUT2D eigenvalue weighted by molar-refractivity contribution is -0.136. The van der Waals surface area contributed by atoms with Gasteiger partial charge in [0.15, 0.2) is 0 Å². The quantitative estimate of drug-likeness (QED) is 0.854. The van der Waals surface area contributed by atoms with E-state index in [4.69, 9.17) is 5.11 Å². The normalized spacial score (nSPS) is 14.7. The van der Waals surface area contributed by atoms with Crippen molar-refractivity contribution in [1.29, 1.82) is 0 Å². The molecule has 0 unspecified atom stereocenters. The van der Waals surface area contributed by atoms with Crippen molar-refractivity contribution >= 4 is 17.7 Å². The van der Waals surface area contributed by atoms with Crippen molar-refractivity contribution in [2.75, 3.05) is 5.75 Å². The van der Waals surface area contributed by atoms with E-state index in [1.165, 1.54) is 22.4 Å². The number of carboxylic acids is 1. The van der Waals surface area contributed by atoms with Gasteiger partial charge in [0, 0.05) is 11.3 Å². The fourth-order valence-electron chi connectivity index (χ4n) is 1.90. The lowest BCUT2D eigenvalue weighted by Gasteiger charge is -2.18. The van der Waals surface area contributed by atoms with Crippen LogP contribution < -0.4 is 0 Å². The van der Waals surface area contributed by atoms with E-state index < -0.39 is 5.97 Å². The summed E-state index contributed by atoms with van der Waals surface area (Å²) in [5, 5.41) is 8.67. The largest absolute Gasteiger partial charge is 0.481 e. The monoisotopic (exact) mass is 222 g/mol. The molecular weight excluding hydrogens is 208 g/mol. The number of thioether (sulfide) groups is 1. The molecule has 1 heterocycles. The Morgan fingerprint density at radius 1 is 1.47 bits per heavy atom. The van der Waals surface area contributed by atoms with E-state index in [1.807, 2.05) is 17.8 Å². The van der Waals surface area contributed by atoms with Crippen LogP contribution in [0.2, 0.25) is 0 Å². The first kappa shape index (κ1) is 10.6. The van der Waals surface area contributed by atoms with E-state index in [9.17, 15) is 4.79 Å². The zero-order valence-corrected chi connectivity index (χ0v) is 9.35. The van der Waals surface area contributed by atoms with E-state index in [2.05, 4.69) is 12.1 Å². The molecule has 0 bridgehead atoms. The average Bonchev–Trinajstić information content (AvgIpc) is 2.26. The van der Waals surface area contributed by atoms with Gasteiger partial charge in [-0.15, -0.1) is 11.8 Å². The van der Waals surface area contributed by atoms with Crippen LogP contribution >= 0.6 is 11.8 Å². The Morgan fingerprint density at radius 3 is 3.13 bits per heavy atom. The highest BCUT2D eigenvalue weighted by Gasteiger charge is 2.13. The van der Waals surface area contributed by atoms with Crippen LogP contribution in [0.3, 0.4) is 0 Å². The minimum atomic E-state index is -0.714. The molecule has 15 heavy (non-hydrogen) atoms. The lowest BCUT2D eigenvalue weighted by Crippen LogP contribution is -2.04. The average molecular weight is 222 g/mol. The molecule has 2 rings (SSSR count). The van der Waals surface area contributed by atoms with Crippen molar-refractivity contribution in [2.45, 2.75) is 30.6 Å². The Labute approximate surface area is 93.7 Å². The highest BCUT2D eigenvalue weighted by molar-refractivity contribution is 7.99. The Bertz CT molecular complexity index is 374. The smallest absolute Gasteiger partial charge is 0.303 e. The number of benzene rings is 1. The van der Waals surface area contributed by atoms with Crippen molar-refractivity contribution in [3.05, 3.63) is 29.3 Å².